The van der Waals surface area contributed by atoms with Crippen molar-refractivity contribution in [2.24, 2.45) is 0 Å². The lowest BCUT2D eigenvalue weighted by atomic mass is 10.2. The lowest BCUT2D eigenvalue weighted by Crippen LogP contribution is -2.33. The van der Waals surface area contributed by atoms with E-state index in [-0.39, 0.29) is 16.6 Å². The van der Waals surface area contributed by atoms with Crippen LogP contribution in [0.1, 0.15) is 23.7 Å². The van der Waals surface area contributed by atoms with Crippen LogP contribution in [-0.2, 0) is 9.84 Å². The van der Waals surface area contributed by atoms with Gasteiger partial charge in [0.05, 0.1) is 22.5 Å². The summed E-state index contributed by atoms with van der Waals surface area (Å²) in [7, 11) is 2.26. The van der Waals surface area contributed by atoms with Gasteiger partial charge in [-0.1, -0.05) is 24.3 Å². The molecule has 1 heterocycles. The van der Waals surface area contributed by atoms with Crippen molar-refractivity contribution in [3.63, 3.8) is 0 Å². The van der Waals surface area contributed by atoms with Crippen LogP contribution in [-0.4, -0.2) is 64.3 Å². The van der Waals surface area contributed by atoms with Crippen molar-refractivity contribution in [1.82, 2.24) is 9.88 Å². The van der Waals surface area contributed by atoms with Crippen LogP contribution in [0.15, 0.2) is 47.4 Å². The molecule has 0 aliphatic heterocycles. The predicted octanol–water partition coefficient (Wildman–Crippen LogP) is 3.70. The Bertz CT molecular complexity index is 1160. The number of sulfone groups is 1. The molecule has 7 nitrogen and oxygen atoms in total. The number of fused-ring (bicyclic) bond motifs is 1. The van der Waals surface area contributed by atoms with E-state index >= 15 is 0 Å². The zero-order valence-corrected chi connectivity index (χ0v) is 19.8. The van der Waals surface area contributed by atoms with Crippen molar-refractivity contribution in [2.75, 3.05) is 44.9 Å². The molecular weight excluding hydrogens is 434 g/mol. The van der Waals surface area contributed by atoms with Crippen LogP contribution in [0.3, 0.4) is 0 Å². The van der Waals surface area contributed by atoms with Crippen LogP contribution >= 0.6 is 11.3 Å². The van der Waals surface area contributed by atoms with Crippen molar-refractivity contribution >= 4 is 42.4 Å². The highest BCUT2D eigenvalue weighted by atomic mass is 32.2. The van der Waals surface area contributed by atoms with E-state index in [0.717, 1.165) is 23.2 Å². The molecule has 0 atom stereocenters. The molecule has 0 aliphatic carbocycles. The quantitative estimate of drug-likeness (QED) is 0.483. The number of aromatic nitrogens is 1. The standard InChI is InChI=1S/C22H27N3O4S2/c1-5-31(27,28)17-12-10-16(11-13-17)21(26)25(15-7-14-24(2)3)22-23-20-18(29-4)8-6-9-19(20)30-22/h6,8-13H,5,7,14-15H2,1-4H3. The molecule has 0 saturated carbocycles. The summed E-state index contributed by atoms with van der Waals surface area (Å²) >= 11 is 1.43. The third kappa shape index (κ3) is 5.23. The van der Waals surface area contributed by atoms with Gasteiger partial charge in [-0.15, -0.1) is 0 Å². The van der Waals surface area contributed by atoms with Gasteiger partial charge in [-0.2, -0.15) is 0 Å². The smallest absolute Gasteiger partial charge is 0.260 e. The Hall–Kier alpha value is -2.49. The van der Waals surface area contributed by atoms with Gasteiger partial charge < -0.3 is 9.64 Å². The SMILES string of the molecule is CCS(=O)(=O)c1ccc(C(=O)N(CCCN(C)C)c2nc3c(OC)cccc3s2)cc1. The van der Waals surface area contributed by atoms with E-state index in [1.54, 1.807) is 31.1 Å². The van der Waals surface area contributed by atoms with E-state index in [4.69, 9.17) is 4.74 Å². The summed E-state index contributed by atoms with van der Waals surface area (Å²) in [6, 6.07) is 11.8. The number of nitrogens with zero attached hydrogens (tertiary/aromatic N) is 3. The van der Waals surface area contributed by atoms with Crippen molar-refractivity contribution in [3.8, 4) is 5.75 Å². The molecule has 0 unspecified atom stereocenters. The number of ether oxygens (including phenoxy) is 1. The van der Waals surface area contributed by atoms with Crippen LogP contribution < -0.4 is 9.64 Å². The number of benzene rings is 2. The van der Waals surface area contributed by atoms with Crippen LogP contribution in [0.2, 0.25) is 0 Å². The van der Waals surface area contributed by atoms with Crippen molar-refractivity contribution < 1.29 is 17.9 Å². The predicted molar refractivity (Wildman–Crippen MR) is 125 cm³/mol. The maximum Gasteiger partial charge on any atom is 0.260 e. The fraction of sp³-hybridized carbons (Fsp3) is 0.364. The Morgan fingerprint density at radius 3 is 2.42 bits per heavy atom. The first-order valence-corrected chi connectivity index (χ1v) is 12.5. The molecule has 0 saturated heterocycles. The Morgan fingerprint density at radius 1 is 1.10 bits per heavy atom. The van der Waals surface area contributed by atoms with Gasteiger partial charge in [0.2, 0.25) is 0 Å². The Balaban J connectivity index is 1.96. The fourth-order valence-electron chi connectivity index (χ4n) is 3.15. The number of thiazole rings is 1. The van der Waals surface area contributed by atoms with Crippen LogP contribution in [0, 0.1) is 0 Å². The Morgan fingerprint density at radius 2 is 1.81 bits per heavy atom. The van der Waals surface area contributed by atoms with Crippen LogP contribution in [0.25, 0.3) is 10.2 Å². The van der Waals surface area contributed by atoms with Gasteiger partial charge in [0.15, 0.2) is 15.0 Å². The number of hydrogen-bond acceptors (Lipinski definition) is 7. The third-order valence-corrected chi connectivity index (χ3v) is 7.69. The van der Waals surface area contributed by atoms with Gasteiger partial charge in [0, 0.05) is 12.1 Å². The Labute approximate surface area is 187 Å². The lowest BCUT2D eigenvalue weighted by molar-refractivity contribution is 0.0986. The zero-order valence-electron chi connectivity index (χ0n) is 18.2. The first-order valence-electron chi connectivity index (χ1n) is 9.99. The molecule has 3 rings (SSSR count). The average Bonchev–Trinajstić information content (AvgIpc) is 3.20. The molecule has 31 heavy (non-hydrogen) atoms. The van der Waals surface area contributed by atoms with E-state index in [1.165, 1.54) is 23.5 Å². The molecule has 1 amide bonds. The minimum Gasteiger partial charge on any atom is -0.494 e. The van der Waals surface area contributed by atoms with Crippen LogP contribution in [0.4, 0.5) is 5.13 Å². The first kappa shape index (κ1) is 23.2. The molecule has 0 fully saturated rings. The fourth-order valence-corrected chi connectivity index (χ4v) is 5.04. The molecule has 2 aromatic carbocycles. The minimum absolute atomic E-state index is 0.0183. The van der Waals surface area contributed by atoms with Crippen molar-refractivity contribution in [3.05, 3.63) is 48.0 Å². The van der Waals surface area contributed by atoms with Crippen molar-refractivity contribution in [2.45, 2.75) is 18.2 Å². The second-order valence-electron chi connectivity index (χ2n) is 7.34. The molecule has 0 bridgehead atoms. The summed E-state index contributed by atoms with van der Waals surface area (Å²) in [4.78, 5) is 22.0. The van der Waals surface area contributed by atoms with E-state index in [0.29, 0.717) is 23.0 Å². The summed E-state index contributed by atoms with van der Waals surface area (Å²) < 4.78 is 30.5. The molecule has 0 radical (unpaired) electrons. The number of rotatable bonds is 9. The van der Waals surface area contributed by atoms with Gasteiger partial charge in [-0.3, -0.25) is 9.69 Å². The van der Waals surface area contributed by atoms with Gasteiger partial charge in [-0.25, -0.2) is 13.4 Å². The van der Waals surface area contributed by atoms with E-state index < -0.39 is 9.84 Å². The van der Waals surface area contributed by atoms with Gasteiger partial charge in [0.1, 0.15) is 11.3 Å². The normalized spacial score (nSPS) is 11.8. The molecule has 9 heteroatoms. The van der Waals surface area contributed by atoms with Gasteiger partial charge in [0.25, 0.3) is 5.91 Å². The van der Waals surface area contributed by atoms with E-state index in [2.05, 4.69) is 9.88 Å². The molecule has 166 valence electrons. The monoisotopic (exact) mass is 461 g/mol. The molecule has 0 N–H and O–H groups in total. The summed E-state index contributed by atoms with van der Waals surface area (Å²) in [5.74, 6) is 0.469. The lowest BCUT2D eigenvalue weighted by Gasteiger charge is -2.21. The number of hydrogen-bond donors (Lipinski definition) is 0. The molecular formula is C22H27N3O4S2. The summed E-state index contributed by atoms with van der Waals surface area (Å²) in [5, 5.41) is 0.591. The highest BCUT2D eigenvalue weighted by Crippen LogP contribution is 2.34. The number of para-hydroxylation sites is 1. The second-order valence-corrected chi connectivity index (χ2v) is 10.6. The van der Waals surface area contributed by atoms with E-state index in [1.807, 2.05) is 32.3 Å². The second kappa shape index (κ2) is 9.76. The van der Waals surface area contributed by atoms with Gasteiger partial charge in [-0.05, 0) is 63.5 Å². The number of anilines is 1. The van der Waals surface area contributed by atoms with Crippen LogP contribution in [0.5, 0.6) is 5.75 Å². The summed E-state index contributed by atoms with van der Waals surface area (Å²) in [6.45, 7) is 2.92. The highest BCUT2D eigenvalue weighted by molar-refractivity contribution is 7.91. The zero-order chi connectivity index (χ0) is 22.6. The third-order valence-electron chi connectivity index (χ3n) is 4.89. The average molecular weight is 462 g/mol. The summed E-state index contributed by atoms with van der Waals surface area (Å²) in [5.41, 5.74) is 1.14. The van der Waals surface area contributed by atoms with Crippen molar-refractivity contribution in [1.29, 1.82) is 0 Å². The van der Waals surface area contributed by atoms with E-state index in [9.17, 15) is 13.2 Å². The number of carbonyl (C=O) groups excluding carboxylic acids is 1. The molecule has 0 aliphatic rings. The Kier molecular flexibility index (Phi) is 7.30. The maximum absolute atomic E-state index is 13.4. The summed E-state index contributed by atoms with van der Waals surface area (Å²) in [6.07, 6.45) is 0.772. The molecule has 1 aromatic heterocycles. The number of methoxy groups -OCH3 is 1. The largest absolute Gasteiger partial charge is 0.494 e. The first-order chi connectivity index (χ1) is 14.8. The topological polar surface area (TPSA) is 79.8 Å². The maximum atomic E-state index is 13.4. The highest BCUT2D eigenvalue weighted by Gasteiger charge is 2.23. The van der Waals surface area contributed by atoms with Gasteiger partial charge >= 0.3 is 0 Å². The number of carbonyl (C=O) groups is 1. The number of amides is 1. The molecule has 0 spiro atoms. The molecule has 3 aromatic rings. The minimum atomic E-state index is -3.32.